The van der Waals surface area contributed by atoms with Gasteiger partial charge in [0.2, 0.25) is 0 Å². The van der Waals surface area contributed by atoms with Crippen molar-refractivity contribution in [2.75, 3.05) is 11.5 Å². The van der Waals surface area contributed by atoms with Crippen molar-refractivity contribution in [1.29, 1.82) is 0 Å². The second-order valence-electron chi connectivity index (χ2n) is 7.85. The Kier molecular flexibility index (Phi) is 7.15. The number of aromatic nitrogens is 5. The zero-order valence-corrected chi connectivity index (χ0v) is 21.7. The lowest BCUT2D eigenvalue weighted by Crippen LogP contribution is -2.41. The third-order valence-electron chi connectivity index (χ3n) is 5.50. The van der Waals surface area contributed by atoms with Crippen LogP contribution in [0.15, 0.2) is 67.7 Å². The number of carbonyl (C=O) groups is 1. The SMILES string of the molecule is Cn1c(N)c(C(=O)CSc2nnc(-c3ccccc3Br)n2-c2cccc(C(F)(F)F)c2)c(=O)n(C)c1=O. The van der Waals surface area contributed by atoms with Crippen molar-refractivity contribution >= 4 is 39.3 Å². The Bertz CT molecular complexity index is 1640. The number of anilines is 1. The van der Waals surface area contributed by atoms with E-state index in [9.17, 15) is 27.6 Å². The monoisotopic (exact) mass is 594 g/mol. The molecule has 0 atom stereocenters. The number of thioether (sulfide) groups is 1. The van der Waals surface area contributed by atoms with Crippen molar-refractivity contribution in [2.24, 2.45) is 14.1 Å². The van der Waals surface area contributed by atoms with Crippen LogP contribution in [0.2, 0.25) is 0 Å². The van der Waals surface area contributed by atoms with E-state index in [1.807, 2.05) is 0 Å². The molecule has 9 nitrogen and oxygen atoms in total. The van der Waals surface area contributed by atoms with Gasteiger partial charge in [0.15, 0.2) is 16.8 Å². The van der Waals surface area contributed by atoms with Crippen LogP contribution in [0.1, 0.15) is 15.9 Å². The molecule has 2 aromatic heterocycles. The van der Waals surface area contributed by atoms with Gasteiger partial charge in [-0.25, -0.2) is 4.79 Å². The molecule has 2 heterocycles. The zero-order valence-electron chi connectivity index (χ0n) is 19.3. The molecule has 14 heteroatoms. The Morgan fingerprint density at radius 1 is 1.05 bits per heavy atom. The Hall–Kier alpha value is -3.65. The number of hydrogen-bond donors (Lipinski definition) is 1. The smallest absolute Gasteiger partial charge is 0.384 e. The van der Waals surface area contributed by atoms with E-state index in [0.717, 1.165) is 33.0 Å². The number of nitrogens with two attached hydrogens (primary N) is 1. The predicted molar refractivity (Wildman–Crippen MR) is 136 cm³/mol. The van der Waals surface area contributed by atoms with Crippen molar-refractivity contribution in [3.63, 3.8) is 0 Å². The Balaban J connectivity index is 1.79. The molecule has 0 spiro atoms. The van der Waals surface area contributed by atoms with Crippen LogP contribution in [0.4, 0.5) is 19.0 Å². The molecule has 0 bridgehead atoms. The molecular formula is C23H18BrF3N6O3S. The molecule has 192 valence electrons. The first-order valence-electron chi connectivity index (χ1n) is 10.5. The predicted octanol–water partition coefficient (Wildman–Crippen LogP) is 3.67. The van der Waals surface area contributed by atoms with Gasteiger partial charge in [0.1, 0.15) is 11.4 Å². The van der Waals surface area contributed by atoms with Crippen LogP contribution in [0, 0.1) is 0 Å². The summed E-state index contributed by atoms with van der Waals surface area (Å²) in [5.74, 6) is -1.07. The van der Waals surface area contributed by atoms with E-state index in [1.165, 1.54) is 30.8 Å². The van der Waals surface area contributed by atoms with Crippen molar-refractivity contribution < 1.29 is 18.0 Å². The van der Waals surface area contributed by atoms with Crippen LogP contribution >= 0.6 is 27.7 Å². The fourth-order valence-electron chi connectivity index (χ4n) is 3.56. The van der Waals surface area contributed by atoms with Gasteiger partial charge in [-0.05, 0) is 24.3 Å². The first-order chi connectivity index (χ1) is 17.4. The van der Waals surface area contributed by atoms with E-state index in [0.29, 0.717) is 10.0 Å². The van der Waals surface area contributed by atoms with Gasteiger partial charge in [0.25, 0.3) is 5.56 Å². The highest BCUT2D eigenvalue weighted by molar-refractivity contribution is 9.10. The third kappa shape index (κ3) is 4.98. The number of carbonyl (C=O) groups excluding carboxylic acids is 1. The van der Waals surface area contributed by atoms with E-state index in [2.05, 4.69) is 26.1 Å². The van der Waals surface area contributed by atoms with E-state index in [-0.39, 0.29) is 33.8 Å². The van der Waals surface area contributed by atoms with Gasteiger partial charge in [-0.1, -0.05) is 52.0 Å². The highest BCUT2D eigenvalue weighted by Crippen LogP contribution is 2.35. The number of nitrogen functional groups attached to an aromatic ring is 1. The average molecular weight is 595 g/mol. The van der Waals surface area contributed by atoms with Gasteiger partial charge in [-0.3, -0.25) is 23.3 Å². The van der Waals surface area contributed by atoms with Crippen molar-refractivity contribution in [2.45, 2.75) is 11.3 Å². The summed E-state index contributed by atoms with van der Waals surface area (Å²) in [5, 5.41) is 8.40. The molecule has 4 rings (SSSR count). The third-order valence-corrected chi connectivity index (χ3v) is 7.12. The minimum absolute atomic E-state index is 0.110. The summed E-state index contributed by atoms with van der Waals surface area (Å²) in [6, 6.07) is 11.6. The maximum atomic E-state index is 13.4. The number of hydrogen-bond acceptors (Lipinski definition) is 7. The molecular weight excluding hydrogens is 577 g/mol. The second-order valence-corrected chi connectivity index (χ2v) is 9.64. The molecule has 0 fully saturated rings. The number of rotatable bonds is 6. The molecule has 0 aliphatic rings. The molecule has 4 aromatic rings. The van der Waals surface area contributed by atoms with Gasteiger partial charge in [0.05, 0.1) is 17.0 Å². The van der Waals surface area contributed by atoms with E-state index >= 15 is 0 Å². The summed E-state index contributed by atoms with van der Waals surface area (Å²) in [6.45, 7) is 0. The molecule has 0 aliphatic carbocycles. The molecule has 0 aliphatic heterocycles. The van der Waals surface area contributed by atoms with Crippen LogP contribution in [0.3, 0.4) is 0 Å². The second kappa shape index (κ2) is 10.0. The number of ketones is 1. The highest BCUT2D eigenvalue weighted by Gasteiger charge is 2.31. The van der Waals surface area contributed by atoms with E-state index in [1.54, 1.807) is 24.3 Å². The van der Waals surface area contributed by atoms with E-state index < -0.39 is 28.8 Å². The maximum Gasteiger partial charge on any atom is 0.416 e. The number of benzene rings is 2. The Morgan fingerprint density at radius 3 is 2.43 bits per heavy atom. The van der Waals surface area contributed by atoms with Gasteiger partial charge in [0, 0.05) is 24.1 Å². The molecule has 0 saturated carbocycles. The molecule has 2 aromatic carbocycles. The summed E-state index contributed by atoms with van der Waals surface area (Å²) in [7, 11) is 2.55. The van der Waals surface area contributed by atoms with Crippen molar-refractivity contribution in [3.05, 3.63) is 85.0 Å². The number of halogens is 4. The van der Waals surface area contributed by atoms with Gasteiger partial charge in [-0.15, -0.1) is 10.2 Å². The summed E-state index contributed by atoms with van der Waals surface area (Å²) >= 11 is 4.29. The number of Topliss-reactive ketones (excluding diaryl/α,β-unsaturated/α-hetero) is 1. The average Bonchev–Trinajstić information content (AvgIpc) is 3.28. The molecule has 0 radical (unpaired) electrons. The quantitative estimate of drug-likeness (QED) is 0.267. The number of alkyl halides is 3. The fourth-order valence-corrected chi connectivity index (χ4v) is 4.84. The first kappa shape index (κ1) is 26.4. The van der Waals surface area contributed by atoms with Gasteiger partial charge < -0.3 is 5.73 Å². The summed E-state index contributed by atoms with van der Waals surface area (Å²) in [6.07, 6.45) is -4.58. The summed E-state index contributed by atoms with van der Waals surface area (Å²) in [4.78, 5) is 37.6. The van der Waals surface area contributed by atoms with Gasteiger partial charge >= 0.3 is 11.9 Å². The number of nitrogens with zero attached hydrogens (tertiary/aromatic N) is 5. The highest BCUT2D eigenvalue weighted by atomic mass is 79.9. The van der Waals surface area contributed by atoms with Crippen LogP contribution in [-0.2, 0) is 20.3 Å². The first-order valence-corrected chi connectivity index (χ1v) is 12.3. The standard InChI is InChI=1S/C23H18BrF3N6O3S/c1-31-18(28)17(20(35)32(2)22(31)36)16(34)11-37-21-30-29-19(14-8-3-4-9-15(14)24)33(21)13-7-5-6-12(10-13)23(25,26)27/h3-10H,11,28H2,1-2H3. The normalized spacial score (nSPS) is 11.6. The van der Waals surface area contributed by atoms with Crippen LogP contribution in [-0.4, -0.2) is 35.4 Å². The molecule has 2 N–H and O–H groups in total. The van der Waals surface area contributed by atoms with E-state index in [4.69, 9.17) is 5.73 Å². The molecule has 0 saturated heterocycles. The summed E-state index contributed by atoms with van der Waals surface area (Å²) < 4.78 is 44.1. The minimum Gasteiger partial charge on any atom is -0.384 e. The van der Waals surface area contributed by atoms with Crippen LogP contribution < -0.4 is 17.0 Å². The topological polar surface area (TPSA) is 118 Å². The van der Waals surface area contributed by atoms with Crippen molar-refractivity contribution in [3.8, 4) is 17.1 Å². The lowest BCUT2D eigenvalue weighted by atomic mass is 10.1. The lowest BCUT2D eigenvalue weighted by molar-refractivity contribution is -0.137. The van der Waals surface area contributed by atoms with Crippen molar-refractivity contribution in [1.82, 2.24) is 23.9 Å². The maximum absolute atomic E-state index is 13.4. The summed E-state index contributed by atoms with van der Waals surface area (Å²) in [5.41, 5.74) is 3.78. The Labute approximate surface area is 219 Å². The van der Waals surface area contributed by atoms with Gasteiger partial charge in [-0.2, -0.15) is 13.2 Å². The molecule has 0 unspecified atom stereocenters. The van der Waals surface area contributed by atoms with Crippen LogP contribution in [0.5, 0.6) is 0 Å². The molecule has 0 amide bonds. The lowest BCUT2D eigenvalue weighted by Gasteiger charge is -2.14. The van der Waals surface area contributed by atoms with Crippen LogP contribution in [0.25, 0.3) is 17.1 Å². The largest absolute Gasteiger partial charge is 0.416 e. The minimum atomic E-state index is -4.58. The fraction of sp³-hybridized carbons (Fsp3) is 0.174. The molecule has 37 heavy (non-hydrogen) atoms. The zero-order chi connectivity index (χ0) is 27.1. The Morgan fingerprint density at radius 2 is 1.76 bits per heavy atom.